The third kappa shape index (κ3) is 3.68. The van der Waals surface area contributed by atoms with Crippen LogP contribution in [0.25, 0.3) is 11.2 Å². The first-order chi connectivity index (χ1) is 13.1. The van der Waals surface area contributed by atoms with E-state index in [-0.39, 0.29) is 17.8 Å². The molecule has 0 radical (unpaired) electrons. The predicted octanol–water partition coefficient (Wildman–Crippen LogP) is 3.41. The lowest BCUT2D eigenvalue weighted by atomic mass is 10.1. The molecule has 1 aliphatic heterocycles. The summed E-state index contributed by atoms with van der Waals surface area (Å²) in [6, 6.07) is 7.94. The fraction of sp³-hybridized carbons (Fsp3) is 0.350. The van der Waals surface area contributed by atoms with Crippen molar-refractivity contribution < 1.29 is 13.9 Å². The SMILES string of the molecule is CC(NC(=O)c1cnc2c(c1)ncn2C1CCOCC1)c1ccc(F)cc1. The summed E-state index contributed by atoms with van der Waals surface area (Å²) in [6.45, 7) is 3.34. The second kappa shape index (κ2) is 7.44. The molecule has 1 fully saturated rings. The van der Waals surface area contributed by atoms with Crippen molar-refractivity contribution >= 4 is 17.1 Å². The molecule has 0 spiro atoms. The average Bonchev–Trinajstić information content (AvgIpc) is 3.12. The molecule has 140 valence electrons. The molecular weight excluding hydrogens is 347 g/mol. The number of imidazole rings is 1. The topological polar surface area (TPSA) is 69.0 Å². The smallest absolute Gasteiger partial charge is 0.253 e. The number of hydrogen-bond donors (Lipinski definition) is 1. The van der Waals surface area contributed by atoms with Crippen LogP contribution in [0.1, 0.15) is 47.8 Å². The zero-order valence-corrected chi connectivity index (χ0v) is 15.1. The maximum atomic E-state index is 13.1. The third-order valence-corrected chi connectivity index (χ3v) is 4.98. The number of benzene rings is 1. The van der Waals surface area contributed by atoms with Crippen LogP contribution >= 0.6 is 0 Å². The monoisotopic (exact) mass is 368 g/mol. The van der Waals surface area contributed by atoms with E-state index < -0.39 is 0 Å². The van der Waals surface area contributed by atoms with Crippen LogP contribution in [0, 0.1) is 5.82 Å². The van der Waals surface area contributed by atoms with Crippen LogP contribution < -0.4 is 5.32 Å². The van der Waals surface area contributed by atoms with Gasteiger partial charge in [-0.3, -0.25) is 4.79 Å². The number of fused-ring (bicyclic) bond motifs is 1. The zero-order valence-electron chi connectivity index (χ0n) is 15.1. The number of halogens is 1. The number of amides is 1. The van der Waals surface area contributed by atoms with Crippen LogP contribution in [-0.2, 0) is 4.74 Å². The first-order valence-electron chi connectivity index (χ1n) is 9.08. The van der Waals surface area contributed by atoms with Crippen molar-refractivity contribution in [2.24, 2.45) is 0 Å². The van der Waals surface area contributed by atoms with Crippen LogP contribution in [0.15, 0.2) is 42.9 Å². The van der Waals surface area contributed by atoms with Crippen LogP contribution in [0.2, 0.25) is 0 Å². The number of carbonyl (C=O) groups excluding carboxylic acids is 1. The van der Waals surface area contributed by atoms with Crippen LogP contribution in [0.4, 0.5) is 4.39 Å². The van der Waals surface area contributed by atoms with E-state index in [2.05, 4.69) is 19.9 Å². The molecule has 3 heterocycles. The summed E-state index contributed by atoms with van der Waals surface area (Å²) in [5.41, 5.74) is 2.77. The molecule has 0 saturated carbocycles. The highest BCUT2D eigenvalue weighted by molar-refractivity contribution is 5.96. The Morgan fingerprint density at radius 1 is 1.26 bits per heavy atom. The second-order valence-electron chi connectivity index (χ2n) is 6.81. The molecule has 0 bridgehead atoms. The summed E-state index contributed by atoms with van der Waals surface area (Å²) in [7, 11) is 0. The Bertz CT molecular complexity index is 948. The van der Waals surface area contributed by atoms with Gasteiger partial charge in [0.2, 0.25) is 0 Å². The number of aromatic nitrogens is 3. The van der Waals surface area contributed by atoms with Gasteiger partial charge in [0.1, 0.15) is 11.3 Å². The summed E-state index contributed by atoms with van der Waals surface area (Å²) >= 11 is 0. The van der Waals surface area contributed by atoms with E-state index in [1.54, 1.807) is 30.7 Å². The number of carbonyl (C=O) groups is 1. The fourth-order valence-electron chi connectivity index (χ4n) is 3.39. The molecule has 1 aromatic carbocycles. The number of rotatable bonds is 4. The predicted molar refractivity (Wildman–Crippen MR) is 98.9 cm³/mol. The van der Waals surface area contributed by atoms with Crippen molar-refractivity contribution in [3.8, 4) is 0 Å². The van der Waals surface area contributed by atoms with Gasteiger partial charge in [-0.2, -0.15) is 0 Å². The maximum Gasteiger partial charge on any atom is 0.253 e. The molecule has 1 aliphatic rings. The quantitative estimate of drug-likeness (QED) is 0.766. The molecule has 4 rings (SSSR count). The highest BCUT2D eigenvalue weighted by atomic mass is 19.1. The van der Waals surface area contributed by atoms with Gasteiger partial charge >= 0.3 is 0 Å². The van der Waals surface area contributed by atoms with E-state index in [4.69, 9.17) is 4.74 Å². The van der Waals surface area contributed by atoms with Gasteiger partial charge in [0.25, 0.3) is 5.91 Å². The van der Waals surface area contributed by atoms with E-state index in [1.165, 1.54) is 12.1 Å². The Labute approximate surface area is 156 Å². The zero-order chi connectivity index (χ0) is 18.8. The molecule has 2 aromatic heterocycles. The maximum absolute atomic E-state index is 13.1. The normalized spacial score (nSPS) is 16.4. The minimum absolute atomic E-state index is 0.234. The lowest BCUT2D eigenvalue weighted by Gasteiger charge is -2.23. The summed E-state index contributed by atoms with van der Waals surface area (Å²) in [4.78, 5) is 21.5. The van der Waals surface area contributed by atoms with Gasteiger partial charge in [-0.1, -0.05) is 12.1 Å². The molecule has 0 aliphatic carbocycles. The Morgan fingerprint density at radius 2 is 2.00 bits per heavy atom. The highest BCUT2D eigenvalue weighted by Crippen LogP contribution is 2.25. The minimum atomic E-state index is -0.299. The van der Waals surface area contributed by atoms with Gasteiger partial charge < -0.3 is 14.6 Å². The number of ether oxygens (including phenoxy) is 1. The first-order valence-corrected chi connectivity index (χ1v) is 9.08. The van der Waals surface area contributed by atoms with E-state index in [0.717, 1.165) is 37.3 Å². The molecule has 6 nitrogen and oxygen atoms in total. The van der Waals surface area contributed by atoms with E-state index >= 15 is 0 Å². The third-order valence-electron chi connectivity index (χ3n) is 4.98. The number of nitrogens with one attached hydrogen (secondary N) is 1. The second-order valence-corrected chi connectivity index (χ2v) is 6.81. The molecular formula is C20H21FN4O2. The molecule has 3 aromatic rings. The van der Waals surface area contributed by atoms with Crippen LogP contribution in [-0.4, -0.2) is 33.7 Å². The van der Waals surface area contributed by atoms with Crippen LogP contribution in [0.5, 0.6) is 0 Å². The van der Waals surface area contributed by atoms with Crippen molar-refractivity contribution in [2.45, 2.75) is 31.8 Å². The molecule has 1 saturated heterocycles. The first kappa shape index (κ1) is 17.6. The van der Waals surface area contributed by atoms with Gasteiger partial charge in [0.05, 0.1) is 17.9 Å². The Balaban J connectivity index is 1.51. The highest BCUT2D eigenvalue weighted by Gasteiger charge is 2.19. The average molecular weight is 368 g/mol. The molecule has 27 heavy (non-hydrogen) atoms. The van der Waals surface area contributed by atoms with Gasteiger partial charge in [-0.25, -0.2) is 14.4 Å². The molecule has 1 amide bonds. The van der Waals surface area contributed by atoms with Crippen molar-refractivity contribution in [1.82, 2.24) is 19.9 Å². The Morgan fingerprint density at radius 3 is 2.74 bits per heavy atom. The summed E-state index contributed by atoms with van der Waals surface area (Å²) in [5.74, 6) is -0.533. The van der Waals surface area contributed by atoms with Gasteiger partial charge in [-0.05, 0) is 43.5 Å². The Kier molecular flexibility index (Phi) is 4.85. The van der Waals surface area contributed by atoms with Crippen molar-refractivity contribution in [1.29, 1.82) is 0 Å². The standard InChI is InChI=1S/C20H21FN4O2/c1-13(14-2-4-16(21)5-3-14)24-20(26)15-10-18-19(22-11-15)25(12-23-18)17-6-8-27-9-7-17/h2-5,10-13,17H,6-9H2,1H3,(H,24,26). The van der Waals surface area contributed by atoms with Crippen molar-refractivity contribution in [3.63, 3.8) is 0 Å². The van der Waals surface area contributed by atoms with Gasteiger partial charge in [0, 0.05) is 25.5 Å². The van der Waals surface area contributed by atoms with E-state index in [9.17, 15) is 9.18 Å². The minimum Gasteiger partial charge on any atom is -0.381 e. The largest absolute Gasteiger partial charge is 0.381 e. The molecule has 7 heteroatoms. The number of nitrogens with zero attached hydrogens (tertiary/aromatic N) is 3. The molecule has 1 N–H and O–H groups in total. The summed E-state index contributed by atoms with van der Waals surface area (Å²) in [5, 5.41) is 2.91. The van der Waals surface area contributed by atoms with Crippen LogP contribution in [0.3, 0.4) is 0 Å². The fourth-order valence-corrected chi connectivity index (χ4v) is 3.39. The summed E-state index contributed by atoms with van der Waals surface area (Å²) < 4.78 is 20.5. The Hall–Kier alpha value is -2.80. The van der Waals surface area contributed by atoms with Gasteiger partial charge in [0.15, 0.2) is 5.65 Å². The summed E-state index contributed by atoms with van der Waals surface area (Å²) in [6.07, 6.45) is 5.23. The van der Waals surface area contributed by atoms with Crippen molar-refractivity contribution in [3.05, 3.63) is 59.8 Å². The van der Waals surface area contributed by atoms with E-state index in [1.807, 2.05) is 6.92 Å². The number of hydrogen-bond acceptors (Lipinski definition) is 4. The van der Waals surface area contributed by atoms with E-state index in [0.29, 0.717) is 17.1 Å². The number of pyridine rings is 1. The van der Waals surface area contributed by atoms with Crippen molar-refractivity contribution in [2.75, 3.05) is 13.2 Å². The van der Waals surface area contributed by atoms with Gasteiger partial charge in [-0.15, -0.1) is 0 Å². The molecule has 1 atom stereocenters. The molecule has 1 unspecified atom stereocenters. The lowest BCUT2D eigenvalue weighted by Crippen LogP contribution is -2.26. The lowest BCUT2D eigenvalue weighted by molar-refractivity contribution is 0.0704.